The SMILES string of the molecule is CC(C)(C)c1ccc2[n-]c(-n3c4ccccc4c4ccc(-c5[c-]c(-c6ccccn6)ccc5)nc43)cc2c1.[Pt+2]. The van der Waals surface area contributed by atoms with Gasteiger partial charge >= 0.3 is 21.1 Å². The number of rotatable bonds is 3. The second kappa shape index (κ2) is 9.63. The molecule has 0 aliphatic heterocycles. The third-order valence-corrected chi connectivity index (χ3v) is 7.18. The van der Waals surface area contributed by atoms with Crippen LogP contribution in [0.15, 0.2) is 103 Å². The Labute approximate surface area is 242 Å². The van der Waals surface area contributed by atoms with Crippen LogP contribution >= 0.6 is 0 Å². The zero-order valence-electron chi connectivity index (χ0n) is 21.9. The number of benzene rings is 3. The Bertz CT molecular complexity index is 1960. The summed E-state index contributed by atoms with van der Waals surface area (Å²) in [6.45, 7) is 6.72. The topological polar surface area (TPSA) is 44.8 Å². The number of aromatic nitrogens is 4. The molecule has 7 aromatic rings. The molecule has 39 heavy (non-hydrogen) atoms. The molecule has 0 saturated heterocycles. The van der Waals surface area contributed by atoms with Crippen LogP contribution in [-0.2, 0) is 26.5 Å². The first-order valence-corrected chi connectivity index (χ1v) is 12.9. The molecular formula is C34H26N4Pt. The van der Waals surface area contributed by atoms with Crippen LogP contribution in [0.25, 0.3) is 61.2 Å². The van der Waals surface area contributed by atoms with E-state index < -0.39 is 0 Å². The normalized spacial score (nSPS) is 11.8. The average molecular weight is 686 g/mol. The van der Waals surface area contributed by atoms with E-state index in [1.165, 1.54) is 5.56 Å². The van der Waals surface area contributed by atoms with Crippen LogP contribution in [0.4, 0.5) is 0 Å². The summed E-state index contributed by atoms with van der Waals surface area (Å²) in [6.07, 6.45) is 1.81. The van der Waals surface area contributed by atoms with Gasteiger partial charge in [-0.1, -0.05) is 111 Å². The van der Waals surface area contributed by atoms with Crippen molar-refractivity contribution in [3.05, 3.63) is 115 Å². The smallest absolute Gasteiger partial charge is 0.435 e. The van der Waals surface area contributed by atoms with Gasteiger partial charge in [-0.15, -0.1) is 24.3 Å². The van der Waals surface area contributed by atoms with Crippen molar-refractivity contribution >= 4 is 32.8 Å². The Kier molecular flexibility index (Phi) is 6.24. The van der Waals surface area contributed by atoms with E-state index in [4.69, 9.17) is 9.97 Å². The summed E-state index contributed by atoms with van der Waals surface area (Å²) in [7, 11) is 0. The van der Waals surface area contributed by atoms with Crippen molar-refractivity contribution in [2.24, 2.45) is 0 Å². The van der Waals surface area contributed by atoms with Gasteiger partial charge in [0.25, 0.3) is 0 Å². The van der Waals surface area contributed by atoms with E-state index in [1.54, 1.807) is 6.20 Å². The fourth-order valence-electron chi connectivity index (χ4n) is 5.16. The Balaban J connectivity index is 0.00000277. The number of pyridine rings is 2. The van der Waals surface area contributed by atoms with Crippen LogP contribution in [0.5, 0.6) is 0 Å². The molecule has 0 fully saturated rings. The first-order chi connectivity index (χ1) is 18.5. The first kappa shape index (κ1) is 25.3. The minimum atomic E-state index is 0. The molecule has 4 heterocycles. The van der Waals surface area contributed by atoms with Crippen molar-refractivity contribution in [2.45, 2.75) is 26.2 Å². The maximum Gasteiger partial charge on any atom is 2.00 e. The van der Waals surface area contributed by atoms with Gasteiger partial charge in [0.2, 0.25) is 0 Å². The molecule has 4 aromatic heterocycles. The molecule has 0 spiro atoms. The van der Waals surface area contributed by atoms with Crippen LogP contribution in [0.3, 0.4) is 0 Å². The molecule has 192 valence electrons. The summed E-state index contributed by atoms with van der Waals surface area (Å²) >= 11 is 0. The van der Waals surface area contributed by atoms with Crippen LogP contribution in [0.1, 0.15) is 26.3 Å². The van der Waals surface area contributed by atoms with E-state index in [1.807, 2.05) is 30.3 Å². The van der Waals surface area contributed by atoms with E-state index in [2.05, 4.69) is 103 Å². The Morgan fingerprint density at radius 3 is 2.33 bits per heavy atom. The Hall–Kier alpha value is -4.01. The average Bonchev–Trinajstić information content (AvgIpc) is 3.51. The zero-order valence-corrected chi connectivity index (χ0v) is 24.2. The van der Waals surface area contributed by atoms with E-state index in [-0.39, 0.29) is 26.5 Å². The van der Waals surface area contributed by atoms with Crippen molar-refractivity contribution in [1.82, 2.24) is 19.5 Å². The molecule has 0 saturated carbocycles. The van der Waals surface area contributed by atoms with Gasteiger partial charge in [0.1, 0.15) is 0 Å². The first-order valence-electron chi connectivity index (χ1n) is 12.9. The van der Waals surface area contributed by atoms with Gasteiger partial charge in [-0.3, -0.25) is 9.97 Å². The van der Waals surface area contributed by atoms with E-state index >= 15 is 0 Å². The van der Waals surface area contributed by atoms with Crippen LogP contribution in [0.2, 0.25) is 0 Å². The molecule has 5 heteroatoms. The van der Waals surface area contributed by atoms with Gasteiger partial charge < -0.3 is 9.55 Å². The quantitative estimate of drug-likeness (QED) is 0.177. The van der Waals surface area contributed by atoms with Gasteiger partial charge in [0.05, 0.1) is 5.65 Å². The van der Waals surface area contributed by atoms with Crippen LogP contribution in [-0.4, -0.2) is 14.5 Å². The number of para-hydroxylation sites is 1. The molecule has 0 N–H and O–H groups in total. The molecule has 0 aliphatic carbocycles. The summed E-state index contributed by atoms with van der Waals surface area (Å²) < 4.78 is 2.19. The number of fused-ring (bicyclic) bond motifs is 4. The summed E-state index contributed by atoms with van der Waals surface area (Å²) in [5, 5.41) is 3.41. The van der Waals surface area contributed by atoms with Crippen molar-refractivity contribution in [1.29, 1.82) is 0 Å². The predicted octanol–water partition coefficient (Wildman–Crippen LogP) is 8.11. The second-order valence-corrected chi connectivity index (χ2v) is 10.8. The number of hydrogen-bond donors (Lipinski definition) is 0. The summed E-state index contributed by atoms with van der Waals surface area (Å²) in [5.74, 6) is 0.883. The zero-order chi connectivity index (χ0) is 25.9. The molecule has 0 aliphatic rings. The third kappa shape index (κ3) is 4.39. The van der Waals surface area contributed by atoms with Gasteiger partial charge in [0.15, 0.2) is 0 Å². The summed E-state index contributed by atoms with van der Waals surface area (Å²) in [6, 6.07) is 37.0. The van der Waals surface area contributed by atoms with Gasteiger partial charge in [-0.25, -0.2) is 0 Å². The molecule has 3 aromatic carbocycles. The van der Waals surface area contributed by atoms with E-state index in [9.17, 15) is 0 Å². The van der Waals surface area contributed by atoms with Crippen molar-refractivity contribution in [3.63, 3.8) is 0 Å². The fourth-order valence-corrected chi connectivity index (χ4v) is 5.16. The monoisotopic (exact) mass is 685 g/mol. The summed E-state index contributed by atoms with van der Waals surface area (Å²) in [5.41, 5.74) is 8.00. The van der Waals surface area contributed by atoms with Gasteiger partial charge in [-0.05, 0) is 38.9 Å². The number of nitrogens with zero attached hydrogens (tertiary/aromatic N) is 4. The molecule has 0 amide bonds. The fraction of sp³-hybridized carbons (Fsp3) is 0.118. The minimum absolute atomic E-state index is 0. The van der Waals surface area contributed by atoms with Crippen molar-refractivity contribution in [2.75, 3.05) is 0 Å². The van der Waals surface area contributed by atoms with Crippen LogP contribution in [0, 0.1) is 6.07 Å². The third-order valence-electron chi connectivity index (χ3n) is 7.18. The van der Waals surface area contributed by atoms with E-state index in [0.29, 0.717) is 0 Å². The van der Waals surface area contributed by atoms with Gasteiger partial charge in [-0.2, -0.15) is 0 Å². The molecule has 0 unspecified atom stereocenters. The standard InChI is InChI=1S/C34H26N4.Pt/c1-34(2,3)25-14-16-30-24(20-25)21-32(36-30)38-31-13-5-4-11-26(31)27-15-17-29(37-33(27)38)23-10-8-9-22(19-23)28-12-6-7-18-35-28;/h4-18,20-21H,1-3H3;/q-2;+2. The molecule has 4 nitrogen and oxygen atoms in total. The Morgan fingerprint density at radius 2 is 1.54 bits per heavy atom. The molecule has 0 atom stereocenters. The minimum Gasteiger partial charge on any atom is -0.435 e. The second-order valence-electron chi connectivity index (χ2n) is 10.8. The van der Waals surface area contributed by atoms with E-state index in [0.717, 1.165) is 61.2 Å². The van der Waals surface area contributed by atoms with Crippen LogP contribution < -0.4 is 4.98 Å². The Morgan fingerprint density at radius 1 is 0.744 bits per heavy atom. The predicted molar refractivity (Wildman–Crippen MR) is 156 cm³/mol. The maximum atomic E-state index is 5.19. The maximum absolute atomic E-state index is 5.19. The molecular weight excluding hydrogens is 659 g/mol. The molecule has 0 bridgehead atoms. The van der Waals surface area contributed by atoms with Gasteiger partial charge in [0, 0.05) is 23.0 Å². The molecule has 7 rings (SSSR count). The largest absolute Gasteiger partial charge is 2.00 e. The van der Waals surface area contributed by atoms with Crippen molar-refractivity contribution in [3.8, 4) is 28.3 Å². The number of hydrogen-bond acceptors (Lipinski definition) is 2. The van der Waals surface area contributed by atoms with Crippen molar-refractivity contribution < 1.29 is 21.1 Å². The molecule has 0 radical (unpaired) electrons. The summed E-state index contributed by atoms with van der Waals surface area (Å²) in [4.78, 5) is 14.7.